The molecular weight excluding hydrogens is 270 g/mol. The molecule has 0 fully saturated rings. The Balaban J connectivity index is 2.32. The zero-order chi connectivity index (χ0) is 15.6. The van der Waals surface area contributed by atoms with Crippen LogP contribution in [0.5, 0.6) is 0 Å². The van der Waals surface area contributed by atoms with Gasteiger partial charge in [-0.3, -0.25) is 10.1 Å². The Labute approximate surface area is 123 Å². The van der Waals surface area contributed by atoms with E-state index in [1.807, 2.05) is 13.0 Å². The second-order valence-electron chi connectivity index (χ2n) is 5.96. The first-order valence-corrected chi connectivity index (χ1v) is 6.68. The van der Waals surface area contributed by atoms with E-state index in [0.29, 0.717) is 12.2 Å². The van der Waals surface area contributed by atoms with Gasteiger partial charge >= 0.3 is 0 Å². The van der Waals surface area contributed by atoms with E-state index in [2.05, 4.69) is 36.4 Å². The molecule has 0 amide bonds. The Morgan fingerprint density at radius 2 is 2.10 bits per heavy atom. The summed E-state index contributed by atoms with van der Waals surface area (Å²) < 4.78 is 1.47. The summed E-state index contributed by atoms with van der Waals surface area (Å²) in [7, 11) is 0. The third-order valence-electron chi connectivity index (χ3n) is 2.98. The van der Waals surface area contributed by atoms with Crippen LogP contribution in [0.15, 0.2) is 24.4 Å². The number of nitro groups is 1. The van der Waals surface area contributed by atoms with Crippen molar-refractivity contribution in [3.8, 4) is 5.69 Å². The molecule has 2 rings (SSSR count). The molecule has 0 saturated heterocycles. The van der Waals surface area contributed by atoms with Crippen LogP contribution in [-0.4, -0.2) is 25.5 Å². The van der Waals surface area contributed by atoms with Crippen molar-refractivity contribution in [2.24, 2.45) is 0 Å². The van der Waals surface area contributed by atoms with E-state index in [4.69, 9.17) is 0 Å². The molecule has 112 valence electrons. The highest BCUT2D eigenvalue weighted by Gasteiger charge is 2.19. The SMILES string of the molecule is Cc1cccc([N+](=O)[O-])c1-n1cc(CNC(C)(C)C)nn1. The Morgan fingerprint density at radius 3 is 2.71 bits per heavy atom. The van der Waals surface area contributed by atoms with Crippen LogP contribution in [-0.2, 0) is 6.54 Å². The third-order valence-corrected chi connectivity index (χ3v) is 2.98. The van der Waals surface area contributed by atoms with Crippen molar-refractivity contribution in [3.05, 3.63) is 45.8 Å². The highest BCUT2D eigenvalue weighted by molar-refractivity contribution is 5.56. The van der Waals surface area contributed by atoms with Crippen molar-refractivity contribution in [2.45, 2.75) is 39.8 Å². The van der Waals surface area contributed by atoms with Crippen molar-refractivity contribution in [2.75, 3.05) is 0 Å². The molecule has 1 N–H and O–H groups in total. The maximum atomic E-state index is 11.1. The van der Waals surface area contributed by atoms with Gasteiger partial charge < -0.3 is 5.32 Å². The fourth-order valence-corrected chi connectivity index (χ4v) is 1.93. The Morgan fingerprint density at radius 1 is 1.38 bits per heavy atom. The molecule has 0 aliphatic heterocycles. The number of nitrogens with zero attached hydrogens (tertiary/aromatic N) is 4. The molecule has 0 bridgehead atoms. The molecule has 21 heavy (non-hydrogen) atoms. The average molecular weight is 289 g/mol. The van der Waals surface area contributed by atoms with Crippen molar-refractivity contribution in [3.63, 3.8) is 0 Å². The fourth-order valence-electron chi connectivity index (χ4n) is 1.93. The summed E-state index contributed by atoms with van der Waals surface area (Å²) in [4.78, 5) is 10.7. The van der Waals surface area contributed by atoms with Gasteiger partial charge in [-0.1, -0.05) is 17.3 Å². The van der Waals surface area contributed by atoms with Gasteiger partial charge in [-0.05, 0) is 33.3 Å². The number of rotatable bonds is 4. The minimum absolute atomic E-state index is 0.0234. The van der Waals surface area contributed by atoms with Crippen LogP contribution in [0.1, 0.15) is 32.0 Å². The molecule has 2 aromatic rings. The van der Waals surface area contributed by atoms with Crippen molar-refractivity contribution in [1.29, 1.82) is 0 Å². The molecule has 7 heteroatoms. The first kappa shape index (κ1) is 15.1. The molecule has 1 aromatic heterocycles. The lowest BCUT2D eigenvalue weighted by atomic mass is 10.1. The lowest BCUT2D eigenvalue weighted by molar-refractivity contribution is -0.384. The number of aromatic nitrogens is 3. The lowest BCUT2D eigenvalue weighted by Gasteiger charge is -2.19. The number of para-hydroxylation sites is 1. The molecule has 0 spiro atoms. The summed E-state index contributed by atoms with van der Waals surface area (Å²) in [6.07, 6.45) is 1.72. The third kappa shape index (κ3) is 3.63. The first-order chi connectivity index (χ1) is 9.78. The molecule has 0 unspecified atom stereocenters. The molecule has 1 aromatic carbocycles. The van der Waals surface area contributed by atoms with E-state index < -0.39 is 4.92 Å². The largest absolute Gasteiger partial charge is 0.306 e. The fraction of sp³-hybridized carbons (Fsp3) is 0.429. The van der Waals surface area contributed by atoms with Gasteiger partial charge in [-0.2, -0.15) is 0 Å². The van der Waals surface area contributed by atoms with E-state index in [-0.39, 0.29) is 11.2 Å². The topological polar surface area (TPSA) is 85.9 Å². The van der Waals surface area contributed by atoms with Gasteiger partial charge in [0.15, 0.2) is 0 Å². The number of benzene rings is 1. The molecule has 0 radical (unpaired) electrons. The average Bonchev–Trinajstić information content (AvgIpc) is 2.83. The molecular formula is C14H19N5O2. The standard InChI is InChI=1S/C14H19N5O2/c1-10-6-5-7-12(19(20)21)13(10)18-9-11(16-17-18)8-15-14(2,3)4/h5-7,9,15H,8H2,1-4H3. The van der Waals surface area contributed by atoms with Crippen LogP contribution in [0.3, 0.4) is 0 Å². The quantitative estimate of drug-likeness (QED) is 0.690. The summed E-state index contributed by atoms with van der Waals surface area (Å²) >= 11 is 0. The van der Waals surface area contributed by atoms with Crippen LogP contribution in [0.2, 0.25) is 0 Å². The zero-order valence-electron chi connectivity index (χ0n) is 12.6. The summed E-state index contributed by atoms with van der Waals surface area (Å²) in [5.41, 5.74) is 1.97. The molecule has 0 saturated carbocycles. The summed E-state index contributed by atoms with van der Waals surface area (Å²) in [5, 5.41) is 22.5. The number of hydrogen-bond donors (Lipinski definition) is 1. The predicted molar refractivity (Wildman–Crippen MR) is 79.3 cm³/mol. The van der Waals surface area contributed by atoms with E-state index in [1.165, 1.54) is 10.7 Å². The maximum absolute atomic E-state index is 11.1. The van der Waals surface area contributed by atoms with E-state index in [1.54, 1.807) is 12.3 Å². The summed E-state index contributed by atoms with van der Waals surface area (Å²) in [5.74, 6) is 0. The minimum Gasteiger partial charge on any atom is -0.306 e. The monoisotopic (exact) mass is 289 g/mol. The zero-order valence-corrected chi connectivity index (χ0v) is 12.6. The molecule has 0 aliphatic carbocycles. The first-order valence-electron chi connectivity index (χ1n) is 6.68. The highest BCUT2D eigenvalue weighted by Crippen LogP contribution is 2.25. The Hall–Kier alpha value is -2.28. The Kier molecular flexibility index (Phi) is 4.04. The molecule has 0 aliphatic rings. The van der Waals surface area contributed by atoms with E-state index in [9.17, 15) is 10.1 Å². The molecule has 7 nitrogen and oxygen atoms in total. The van der Waals surface area contributed by atoms with Crippen molar-refractivity contribution in [1.82, 2.24) is 20.3 Å². The highest BCUT2D eigenvalue weighted by atomic mass is 16.6. The Bertz CT molecular complexity index is 658. The van der Waals surface area contributed by atoms with Crippen LogP contribution < -0.4 is 5.32 Å². The lowest BCUT2D eigenvalue weighted by Crippen LogP contribution is -2.35. The predicted octanol–water partition coefficient (Wildman–Crippen LogP) is 2.37. The van der Waals surface area contributed by atoms with Crippen LogP contribution in [0, 0.1) is 17.0 Å². The van der Waals surface area contributed by atoms with Gasteiger partial charge in [-0.15, -0.1) is 5.10 Å². The minimum atomic E-state index is -0.406. The van der Waals surface area contributed by atoms with Crippen molar-refractivity contribution < 1.29 is 4.92 Å². The van der Waals surface area contributed by atoms with Gasteiger partial charge in [0, 0.05) is 18.2 Å². The van der Waals surface area contributed by atoms with Crippen molar-refractivity contribution >= 4 is 5.69 Å². The van der Waals surface area contributed by atoms with Crippen LogP contribution in [0.25, 0.3) is 5.69 Å². The number of nitrogens with one attached hydrogen (secondary N) is 1. The number of aryl methyl sites for hydroxylation is 1. The second-order valence-corrected chi connectivity index (χ2v) is 5.96. The van der Waals surface area contributed by atoms with Crippen LogP contribution in [0.4, 0.5) is 5.69 Å². The smallest absolute Gasteiger partial charge is 0.295 e. The van der Waals surface area contributed by atoms with E-state index in [0.717, 1.165) is 11.3 Å². The number of hydrogen-bond acceptors (Lipinski definition) is 5. The second kappa shape index (κ2) is 5.61. The van der Waals surface area contributed by atoms with Gasteiger partial charge in [0.1, 0.15) is 5.69 Å². The number of nitro benzene ring substituents is 1. The maximum Gasteiger partial charge on any atom is 0.295 e. The van der Waals surface area contributed by atoms with Gasteiger partial charge in [0.25, 0.3) is 5.69 Å². The summed E-state index contributed by atoms with van der Waals surface area (Å²) in [6, 6.07) is 4.95. The van der Waals surface area contributed by atoms with Gasteiger partial charge in [-0.25, -0.2) is 4.68 Å². The van der Waals surface area contributed by atoms with Crippen LogP contribution >= 0.6 is 0 Å². The van der Waals surface area contributed by atoms with E-state index >= 15 is 0 Å². The normalized spacial score (nSPS) is 11.6. The molecule has 0 atom stereocenters. The van der Waals surface area contributed by atoms with Gasteiger partial charge in [0.05, 0.1) is 16.8 Å². The van der Waals surface area contributed by atoms with Gasteiger partial charge in [0.2, 0.25) is 0 Å². The summed E-state index contributed by atoms with van der Waals surface area (Å²) in [6.45, 7) is 8.55. The molecule has 1 heterocycles.